The smallest absolute Gasteiger partial charge is 0.255 e. The molecule has 0 saturated heterocycles. The quantitative estimate of drug-likeness (QED) is 0.890. The number of nitrogens with one attached hydrogen (secondary N) is 1. The lowest BCUT2D eigenvalue weighted by molar-refractivity contribution is 0.102. The first kappa shape index (κ1) is 13.8. The summed E-state index contributed by atoms with van der Waals surface area (Å²) in [6.45, 7) is 0.485. The molecule has 2 aromatic carbocycles. The third-order valence-corrected chi connectivity index (χ3v) is 2.97. The lowest BCUT2D eigenvalue weighted by Crippen LogP contribution is -2.16. The van der Waals surface area contributed by atoms with Crippen LogP contribution in [0.5, 0.6) is 0 Å². The Morgan fingerprint density at radius 1 is 1.15 bits per heavy atom. The zero-order valence-electron chi connectivity index (χ0n) is 11.0. The summed E-state index contributed by atoms with van der Waals surface area (Å²) in [6.07, 6.45) is 0.642. The van der Waals surface area contributed by atoms with Crippen molar-refractivity contribution < 1.29 is 4.79 Å². The van der Waals surface area contributed by atoms with Gasteiger partial charge in [0.15, 0.2) is 0 Å². The number of carbonyl (C=O) groups is 1. The van der Waals surface area contributed by atoms with Crippen LogP contribution >= 0.6 is 0 Å². The van der Waals surface area contributed by atoms with Crippen LogP contribution in [-0.4, -0.2) is 12.5 Å². The maximum Gasteiger partial charge on any atom is 0.255 e. The second kappa shape index (κ2) is 6.50. The molecule has 0 aromatic heterocycles. The van der Waals surface area contributed by atoms with Crippen LogP contribution < -0.4 is 11.1 Å². The highest BCUT2D eigenvalue weighted by Gasteiger charge is 2.12. The van der Waals surface area contributed by atoms with Crippen LogP contribution in [0.25, 0.3) is 0 Å². The van der Waals surface area contributed by atoms with Gasteiger partial charge in [-0.1, -0.05) is 30.3 Å². The average Bonchev–Trinajstić information content (AvgIpc) is 2.48. The van der Waals surface area contributed by atoms with Gasteiger partial charge in [0, 0.05) is 5.56 Å². The molecule has 0 radical (unpaired) electrons. The van der Waals surface area contributed by atoms with Crippen LogP contribution in [-0.2, 0) is 6.42 Å². The first-order valence-corrected chi connectivity index (χ1v) is 6.34. The number of nitrogens with two attached hydrogens (primary N) is 1. The minimum Gasteiger partial charge on any atom is -0.330 e. The molecular weight excluding hydrogens is 250 g/mol. The number of anilines is 1. The van der Waals surface area contributed by atoms with E-state index in [4.69, 9.17) is 11.0 Å². The van der Waals surface area contributed by atoms with Gasteiger partial charge in [0.2, 0.25) is 0 Å². The van der Waals surface area contributed by atoms with E-state index < -0.39 is 0 Å². The summed E-state index contributed by atoms with van der Waals surface area (Å²) in [5.74, 6) is -0.225. The predicted octanol–water partition coefficient (Wildman–Crippen LogP) is 2.31. The van der Waals surface area contributed by atoms with Crippen molar-refractivity contribution in [3.8, 4) is 6.07 Å². The summed E-state index contributed by atoms with van der Waals surface area (Å²) in [6, 6.07) is 16.3. The van der Waals surface area contributed by atoms with Gasteiger partial charge in [-0.3, -0.25) is 4.79 Å². The van der Waals surface area contributed by atoms with Crippen molar-refractivity contribution in [3.05, 3.63) is 65.2 Å². The van der Waals surface area contributed by atoms with Gasteiger partial charge in [-0.25, -0.2) is 0 Å². The first-order chi connectivity index (χ1) is 9.76. The van der Waals surface area contributed by atoms with E-state index in [2.05, 4.69) is 11.4 Å². The van der Waals surface area contributed by atoms with E-state index in [1.165, 1.54) is 0 Å². The maximum atomic E-state index is 12.3. The highest BCUT2D eigenvalue weighted by Crippen LogP contribution is 2.16. The third-order valence-electron chi connectivity index (χ3n) is 2.97. The van der Waals surface area contributed by atoms with Crippen LogP contribution in [0.2, 0.25) is 0 Å². The highest BCUT2D eigenvalue weighted by atomic mass is 16.1. The van der Waals surface area contributed by atoms with Gasteiger partial charge in [0.1, 0.15) is 6.07 Å². The van der Waals surface area contributed by atoms with Crippen LogP contribution in [0, 0.1) is 11.3 Å². The number of amides is 1. The Morgan fingerprint density at radius 2 is 1.85 bits per heavy atom. The highest BCUT2D eigenvalue weighted by molar-refractivity contribution is 6.05. The third kappa shape index (κ3) is 3.02. The average molecular weight is 265 g/mol. The number of hydrogen-bond donors (Lipinski definition) is 2. The van der Waals surface area contributed by atoms with E-state index in [1.807, 2.05) is 18.2 Å². The molecular formula is C16H15N3O. The van der Waals surface area contributed by atoms with Crippen molar-refractivity contribution in [2.45, 2.75) is 6.42 Å². The van der Waals surface area contributed by atoms with Crippen molar-refractivity contribution in [3.63, 3.8) is 0 Å². The Bertz CT molecular complexity index is 659. The number of rotatable bonds is 4. The number of nitrogens with zero attached hydrogens (tertiary/aromatic N) is 1. The Morgan fingerprint density at radius 3 is 2.60 bits per heavy atom. The van der Waals surface area contributed by atoms with E-state index in [0.29, 0.717) is 29.8 Å². The zero-order valence-corrected chi connectivity index (χ0v) is 11.0. The molecule has 0 spiro atoms. The molecule has 0 atom stereocenters. The van der Waals surface area contributed by atoms with Crippen LogP contribution in [0.4, 0.5) is 5.69 Å². The molecule has 4 nitrogen and oxygen atoms in total. The van der Waals surface area contributed by atoms with Crippen molar-refractivity contribution >= 4 is 11.6 Å². The zero-order chi connectivity index (χ0) is 14.4. The number of benzene rings is 2. The minimum absolute atomic E-state index is 0.225. The summed E-state index contributed by atoms with van der Waals surface area (Å²) in [7, 11) is 0. The summed E-state index contributed by atoms with van der Waals surface area (Å²) in [4.78, 5) is 12.3. The summed E-state index contributed by atoms with van der Waals surface area (Å²) >= 11 is 0. The summed E-state index contributed by atoms with van der Waals surface area (Å²) in [5.41, 5.74) is 8.00. The summed E-state index contributed by atoms with van der Waals surface area (Å²) in [5, 5.41) is 11.8. The van der Waals surface area contributed by atoms with E-state index in [-0.39, 0.29) is 5.91 Å². The molecule has 1 amide bonds. The molecule has 4 heteroatoms. The Labute approximate surface area is 117 Å². The SMILES string of the molecule is N#Cc1ccccc1NC(=O)c1ccccc1CCN. The van der Waals surface area contributed by atoms with Gasteiger partial charge < -0.3 is 11.1 Å². The van der Waals surface area contributed by atoms with Crippen molar-refractivity contribution in [2.24, 2.45) is 5.73 Å². The van der Waals surface area contributed by atoms with Gasteiger partial charge in [-0.2, -0.15) is 5.26 Å². The monoisotopic (exact) mass is 265 g/mol. The van der Waals surface area contributed by atoms with Crippen LogP contribution in [0.1, 0.15) is 21.5 Å². The number of carbonyl (C=O) groups excluding carboxylic acids is 1. The summed E-state index contributed by atoms with van der Waals surface area (Å²) < 4.78 is 0. The first-order valence-electron chi connectivity index (χ1n) is 6.34. The van der Waals surface area contributed by atoms with Gasteiger partial charge in [0.25, 0.3) is 5.91 Å². The molecule has 0 bridgehead atoms. The number of hydrogen-bond acceptors (Lipinski definition) is 3. The van der Waals surface area contributed by atoms with Crippen molar-refractivity contribution in [1.29, 1.82) is 5.26 Å². The van der Waals surface area contributed by atoms with E-state index >= 15 is 0 Å². The Balaban J connectivity index is 2.27. The Kier molecular flexibility index (Phi) is 4.48. The van der Waals surface area contributed by atoms with E-state index in [0.717, 1.165) is 5.56 Å². The number of nitriles is 1. The molecule has 2 rings (SSSR count). The molecule has 3 N–H and O–H groups in total. The van der Waals surface area contributed by atoms with Gasteiger partial charge in [0.05, 0.1) is 11.3 Å². The van der Waals surface area contributed by atoms with E-state index in [1.54, 1.807) is 30.3 Å². The standard InChI is InChI=1S/C16H15N3O/c17-10-9-12-5-1-3-7-14(12)16(20)19-15-8-4-2-6-13(15)11-18/h1-8H,9-10,17H2,(H,19,20). The Hall–Kier alpha value is -2.64. The second-order valence-electron chi connectivity index (χ2n) is 4.31. The van der Waals surface area contributed by atoms with Crippen molar-refractivity contribution in [1.82, 2.24) is 0 Å². The normalized spacial score (nSPS) is 9.80. The van der Waals surface area contributed by atoms with Gasteiger partial charge in [-0.15, -0.1) is 0 Å². The fourth-order valence-electron chi connectivity index (χ4n) is 1.99. The second-order valence-corrected chi connectivity index (χ2v) is 4.31. The molecule has 0 aliphatic carbocycles. The van der Waals surface area contributed by atoms with Gasteiger partial charge >= 0.3 is 0 Å². The fourth-order valence-corrected chi connectivity index (χ4v) is 1.99. The molecule has 0 unspecified atom stereocenters. The molecule has 0 aliphatic rings. The molecule has 0 aliphatic heterocycles. The molecule has 20 heavy (non-hydrogen) atoms. The van der Waals surface area contributed by atoms with Gasteiger partial charge in [-0.05, 0) is 36.7 Å². The van der Waals surface area contributed by atoms with E-state index in [9.17, 15) is 4.79 Å². The van der Waals surface area contributed by atoms with Crippen LogP contribution in [0.3, 0.4) is 0 Å². The topological polar surface area (TPSA) is 78.9 Å². The lowest BCUT2D eigenvalue weighted by atomic mass is 10.0. The molecule has 2 aromatic rings. The molecule has 0 heterocycles. The molecule has 100 valence electrons. The predicted molar refractivity (Wildman–Crippen MR) is 78.3 cm³/mol. The van der Waals surface area contributed by atoms with Crippen molar-refractivity contribution in [2.75, 3.05) is 11.9 Å². The minimum atomic E-state index is -0.225. The maximum absolute atomic E-state index is 12.3. The fraction of sp³-hybridized carbons (Fsp3) is 0.125. The lowest BCUT2D eigenvalue weighted by Gasteiger charge is -2.10. The number of para-hydroxylation sites is 1. The largest absolute Gasteiger partial charge is 0.330 e. The molecule has 0 saturated carbocycles. The molecule has 0 fully saturated rings. The van der Waals surface area contributed by atoms with Crippen LogP contribution in [0.15, 0.2) is 48.5 Å².